The molecule has 1 aliphatic carbocycles. The monoisotopic (exact) mass is 382 g/mol. The Balaban J connectivity index is 1.54. The number of rotatable bonds is 6. The molecule has 0 spiro atoms. The molecule has 2 heterocycles. The Kier molecular flexibility index (Phi) is 5.92. The average molecular weight is 382 g/mol. The molecule has 2 aliphatic rings. The Hall–Kier alpha value is -2.25. The van der Waals surface area contributed by atoms with E-state index >= 15 is 0 Å². The normalized spacial score (nSPS) is 22.6. The maximum absolute atomic E-state index is 13.3. The van der Waals surface area contributed by atoms with E-state index in [2.05, 4.69) is 4.98 Å². The minimum atomic E-state index is -2.59. The summed E-state index contributed by atoms with van der Waals surface area (Å²) < 4.78 is 32.2. The van der Waals surface area contributed by atoms with Crippen LogP contribution in [0.15, 0.2) is 18.3 Å². The summed E-state index contributed by atoms with van der Waals surface area (Å²) in [5.74, 6) is -3.59. The van der Waals surface area contributed by atoms with Crippen LogP contribution in [-0.4, -0.2) is 52.0 Å². The summed E-state index contributed by atoms with van der Waals surface area (Å²) in [5, 5.41) is 9.16. The van der Waals surface area contributed by atoms with Crippen molar-refractivity contribution in [2.45, 2.75) is 56.9 Å². The highest BCUT2D eigenvalue weighted by Gasteiger charge is 2.37. The molecule has 1 amide bonds. The van der Waals surface area contributed by atoms with Gasteiger partial charge in [0.15, 0.2) is 11.4 Å². The summed E-state index contributed by atoms with van der Waals surface area (Å²) in [7, 11) is 0. The fourth-order valence-corrected chi connectivity index (χ4v) is 3.86. The van der Waals surface area contributed by atoms with E-state index in [-0.39, 0.29) is 48.8 Å². The number of nitrogens with zero attached hydrogens (tertiary/aromatic N) is 2. The van der Waals surface area contributed by atoms with Gasteiger partial charge in [0.1, 0.15) is 6.61 Å². The number of halogens is 2. The van der Waals surface area contributed by atoms with Crippen molar-refractivity contribution in [1.82, 2.24) is 9.88 Å². The number of hydrogen-bond acceptors (Lipinski definition) is 4. The van der Waals surface area contributed by atoms with Crippen LogP contribution in [0.4, 0.5) is 8.78 Å². The van der Waals surface area contributed by atoms with Gasteiger partial charge in [-0.05, 0) is 43.7 Å². The van der Waals surface area contributed by atoms with Crippen LogP contribution in [0, 0.1) is 5.92 Å². The summed E-state index contributed by atoms with van der Waals surface area (Å²) in [6, 6.07) is 3.00. The van der Waals surface area contributed by atoms with Crippen molar-refractivity contribution >= 4 is 11.9 Å². The molecule has 3 rings (SSSR count). The lowest BCUT2D eigenvalue weighted by Gasteiger charge is -2.30. The predicted molar refractivity (Wildman–Crippen MR) is 92.9 cm³/mol. The van der Waals surface area contributed by atoms with Gasteiger partial charge in [-0.1, -0.05) is 0 Å². The van der Waals surface area contributed by atoms with Crippen LogP contribution in [0.3, 0.4) is 0 Å². The molecular formula is C19H24F2N2O4. The molecular weight excluding hydrogens is 358 g/mol. The number of carboxylic acids is 1. The van der Waals surface area contributed by atoms with E-state index in [1.165, 1.54) is 6.20 Å². The zero-order valence-corrected chi connectivity index (χ0v) is 15.1. The number of ether oxygens (including phenoxy) is 1. The zero-order valence-electron chi connectivity index (χ0n) is 15.1. The van der Waals surface area contributed by atoms with Crippen molar-refractivity contribution in [2.24, 2.45) is 5.92 Å². The maximum Gasteiger partial charge on any atom is 0.358 e. The number of aromatic carboxylic acids is 1. The smallest absolute Gasteiger partial charge is 0.358 e. The van der Waals surface area contributed by atoms with Gasteiger partial charge in [0.2, 0.25) is 11.8 Å². The molecule has 1 N–H and O–H groups in total. The van der Waals surface area contributed by atoms with Crippen molar-refractivity contribution < 1.29 is 28.2 Å². The highest BCUT2D eigenvalue weighted by molar-refractivity contribution is 5.88. The first kappa shape index (κ1) is 19.5. The lowest BCUT2D eigenvalue weighted by Crippen LogP contribution is -2.40. The van der Waals surface area contributed by atoms with Crippen LogP contribution in [0.25, 0.3) is 0 Å². The fourth-order valence-electron chi connectivity index (χ4n) is 3.86. The lowest BCUT2D eigenvalue weighted by molar-refractivity contribution is -0.134. The zero-order chi connectivity index (χ0) is 19.4. The molecule has 27 heavy (non-hydrogen) atoms. The predicted octanol–water partition coefficient (Wildman–Crippen LogP) is 3.37. The molecule has 1 aromatic rings. The molecule has 148 valence electrons. The van der Waals surface area contributed by atoms with Crippen molar-refractivity contribution in [2.75, 3.05) is 13.2 Å². The largest absolute Gasteiger partial charge is 0.489 e. The number of hydrogen-bond donors (Lipinski definition) is 1. The first-order valence-electron chi connectivity index (χ1n) is 9.34. The van der Waals surface area contributed by atoms with E-state index < -0.39 is 11.9 Å². The number of amides is 1. The van der Waals surface area contributed by atoms with Gasteiger partial charge in [-0.25, -0.2) is 18.6 Å². The van der Waals surface area contributed by atoms with E-state index in [0.29, 0.717) is 25.8 Å². The van der Waals surface area contributed by atoms with Gasteiger partial charge >= 0.3 is 5.97 Å². The molecule has 6 nitrogen and oxygen atoms in total. The number of carbonyl (C=O) groups excluding carboxylic acids is 1. The van der Waals surface area contributed by atoms with Gasteiger partial charge in [-0.2, -0.15) is 0 Å². The SMILES string of the molecule is O=C(O)c1ncccc1OCC1CCCN1C(=O)CC1CCC(F)(F)CC1. The molecule has 0 radical (unpaired) electrons. The second kappa shape index (κ2) is 8.19. The molecule has 1 saturated heterocycles. The van der Waals surface area contributed by atoms with Crippen molar-refractivity contribution in [3.63, 3.8) is 0 Å². The molecule has 1 unspecified atom stereocenters. The van der Waals surface area contributed by atoms with Crippen LogP contribution < -0.4 is 4.74 Å². The van der Waals surface area contributed by atoms with Gasteiger partial charge in [0.25, 0.3) is 0 Å². The number of carbonyl (C=O) groups is 2. The molecule has 0 bridgehead atoms. The van der Waals surface area contributed by atoms with Gasteiger partial charge in [0.05, 0.1) is 6.04 Å². The third-order valence-corrected chi connectivity index (χ3v) is 5.40. The molecule has 8 heteroatoms. The molecule has 1 saturated carbocycles. The van der Waals surface area contributed by atoms with E-state index in [4.69, 9.17) is 9.84 Å². The summed E-state index contributed by atoms with van der Waals surface area (Å²) in [4.78, 5) is 29.4. The third kappa shape index (κ3) is 4.93. The average Bonchev–Trinajstić information content (AvgIpc) is 3.10. The highest BCUT2D eigenvalue weighted by Crippen LogP contribution is 2.38. The summed E-state index contributed by atoms with van der Waals surface area (Å²) in [6.45, 7) is 0.815. The van der Waals surface area contributed by atoms with E-state index in [9.17, 15) is 18.4 Å². The van der Waals surface area contributed by atoms with Crippen LogP contribution >= 0.6 is 0 Å². The Morgan fingerprint density at radius 2 is 2.04 bits per heavy atom. The molecule has 1 aromatic heterocycles. The Bertz CT molecular complexity index is 688. The fraction of sp³-hybridized carbons (Fsp3) is 0.632. The number of alkyl halides is 2. The van der Waals surface area contributed by atoms with Crippen LogP contribution in [0.2, 0.25) is 0 Å². The van der Waals surface area contributed by atoms with E-state index in [1.54, 1.807) is 17.0 Å². The molecule has 1 aliphatic heterocycles. The summed E-state index contributed by atoms with van der Waals surface area (Å²) in [6.07, 6.45) is 3.78. The number of pyridine rings is 1. The summed E-state index contributed by atoms with van der Waals surface area (Å²) in [5.41, 5.74) is -0.156. The highest BCUT2D eigenvalue weighted by atomic mass is 19.3. The lowest BCUT2D eigenvalue weighted by atomic mass is 9.84. The number of likely N-dealkylation sites (tertiary alicyclic amines) is 1. The van der Waals surface area contributed by atoms with Crippen molar-refractivity contribution in [3.8, 4) is 5.75 Å². The van der Waals surface area contributed by atoms with Gasteiger partial charge < -0.3 is 14.7 Å². The summed E-state index contributed by atoms with van der Waals surface area (Å²) >= 11 is 0. The van der Waals surface area contributed by atoms with Gasteiger partial charge in [-0.3, -0.25) is 4.79 Å². The number of carboxylic acid groups (broad SMARTS) is 1. The van der Waals surface area contributed by atoms with E-state index in [0.717, 1.165) is 12.8 Å². The second-order valence-corrected chi connectivity index (χ2v) is 7.35. The Morgan fingerprint density at radius 3 is 2.74 bits per heavy atom. The Labute approximate surface area is 156 Å². The minimum Gasteiger partial charge on any atom is -0.489 e. The third-order valence-electron chi connectivity index (χ3n) is 5.40. The van der Waals surface area contributed by atoms with Crippen molar-refractivity contribution in [1.29, 1.82) is 0 Å². The number of aromatic nitrogens is 1. The first-order chi connectivity index (χ1) is 12.9. The van der Waals surface area contributed by atoms with Crippen LogP contribution in [-0.2, 0) is 4.79 Å². The first-order valence-corrected chi connectivity index (χ1v) is 9.34. The topological polar surface area (TPSA) is 79.7 Å². The van der Waals surface area contributed by atoms with Crippen molar-refractivity contribution in [3.05, 3.63) is 24.0 Å². The Morgan fingerprint density at radius 1 is 1.30 bits per heavy atom. The standard InChI is InChI=1S/C19H24F2N2O4/c20-19(21)7-5-13(6-8-19)11-16(24)23-10-2-3-14(23)12-27-15-4-1-9-22-17(15)18(25)26/h1,4,9,13-14H,2-3,5-8,10-12H2,(H,25,26). The molecule has 0 aromatic carbocycles. The van der Waals surface area contributed by atoms with Crippen LogP contribution in [0.5, 0.6) is 5.75 Å². The minimum absolute atomic E-state index is 0.0104. The van der Waals surface area contributed by atoms with E-state index in [1.807, 2.05) is 0 Å². The molecule has 1 atom stereocenters. The van der Waals surface area contributed by atoms with Gasteiger partial charge in [-0.15, -0.1) is 0 Å². The molecule has 2 fully saturated rings. The second-order valence-electron chi connectivity index (χ2n) is 7.35. The van der Waals surface area contributed by atoms with Crippen LogP contribution in [0.1, 0.15) is 55.4 Å². The maximum atomic E-state index is 13.3. The van der Waals surface area contributed by atoms with Gasteiger partial charge in [0, 0.05) is 32.0 Å². The quantitative estimate of drug-likeness (QED) is 0.816.